The number of aryl methyl sites for hydroxylation is 1. The first-order valence-corrected chi connectivity index (χ1v) is 6.78. The second kappa shape index (κ2) is 5.97. The first kappa shape index (κ1) is 13.1. The normalized spacial score (nSPS) is 11.9. The molecule has 0 atom stereocenters. The van der Waals surface area contributed by atoms with E-state index in [-0.39, 0.29) is 12.3 Å². The summed E-state index contributed by atoms with van der Waals surface area (Å²) in [5.74, 6) is 0.843. The van der Waals surface area contributed by atoms with Gasteiger partial charge < -0.3 is 9.88 Å². The molecule has 2 N–H and O–H groups in total. The van der Waals surface area contributed by atoms with Crippen molar-refractivity contribution >= 4 is 10.0 Å². The molecule has 1 aromatic rings. The molecule has 0 aromatic carbocycles. The zero-order valence-corrected chi connectivity index (χ0v) is 10.4. The van der Waals surface area contributed by atoms with Crippen molar-refractivity contribution in [1.82, 2.24) is 19.6 Å². The molecule has 0 spiro atoms. The van der Waals surface area contributed by atoms with Crippen LogP contribution in [-0.4, -0.2) is 37.3 Å². The Morgan fingerprint density at radius 1 is 1.50 bits per heavy atom. The minimum absolute atomic E-state index is 0.137. The summed E-state index contributed by atoms with van der Waals surface area (Å²) in [5, 5.41) is 2.91. The predicted octanol–water partition coefficient (Wildman–Crippen LogP) is -0.551. The summed E-state index contributed by atoms with van der Waals surface area (Å²) in [5.41, 5.74) is 0. The maximum atomic E-state index is 11.5. The molecule has 7 heteroatoms. The standard InChI is InChI=1S/C9H18N4O2S/c1-10-4-3-7-16(14,15)12-8-9-11-5-6-13(9)2/h5-6,10,12H,3-4,7-8H2,1-2H3. The predicted molar refractivity (Wildman–Crippen MR) is 62.4 cm³/mol. The molecule has 0 bridgehead atoms. The van der Waals surface area contributed by atoms with Crippen molar-refractivity contribution < 1.29 is 8.42 Å². The Bertz CT molecular complexity index is 413. The molecule has 1 heterocycles. The summed E-state index contributed by atoms with van der Waals surface area (Å²) < 4.78 is 27.4. The van der Waals surface area contributed by atoms with E-state index in [1.165, 1.54) is 0 Å². The Balaban J connectivity index is 2.39. The molecule has 0 aliphatic rings. The summed E-state index contributed by atoms with van der Waals surface area (Å²) in [6, 6.07) is 0. The number of rotatable bonds is 7. The molecule has 0 aliphatic heterocycles. The van der Waals surface area contributed by atoms with E-state index in [1.807, 2.05) is 7.05 Å². The Morgan fingerprint density at radius 2 is 2.25 bits per heavy atom. The largest absolute Gasteiger partial charge is 0.337 e. The lowest BCUT2D eigenvalue weighted by atomic mass is 10.5. The second-order valence-corrected chi connectivity index (χ2v) is 5.48. The fraction of sp³-hybridized carbons (Fsp3) is 0.667. The van der Waals surface area contributed by atoms with Crippen LogP contribution in [0, 0.1) is 0 Å². The van der Waals surface area contributed by atoms with E-state index in [9.17, 15) is 8.42 Å². The average Bonchev–Trinajstić information content (AvgIpc) is 2.62. The molecule has 0 amide bonds. The number of imidazole rings is 1. The number of aromatic nitrogens is 2. The van der Waals surface area contributed by atoms with Gasteiger partial charge in [0.15, 0.2) is 0 Å². The maximum absolute atomic E-state index is 11.5. The van der Waals surface area contributed by atoms with E-state index in [0.29, 0.717) is 18.8 Å². The van der Waals surface area contributed by atoms with Crippen molar-refractivity contribution in [3.05, 3.63) is 18.2 Å². The third-order valence-corrected chi connectivity index (χ3v) is 3.62. The molecule has 1 rings (SSSR count). The molecule has 0 saturated carbocycles. The molecule has 1 aromatic heterocycles. The van der Waals surface area contributed by atoms with Gasteiger partial charge >= 0.3 is 0 Å². The topological polar surface area (TPSA) is 76.0 Å². The lowest BCUT2D eigenvalue weighted by Gasteiger charge is -2.06. The Hall–Kier alpha value is -0.920. The second-order valence-electron chi connectivity index (χ2n) is 3.55. The third-order valence-electron chi connectivity index (χ3n) is 2.21. The minimum Gasteiger partial charge on any atom is -0.337 e. The van der Waals surface area contributed by atoms with Gasteiger partial charge in [-0.15, -0.1) is 0 Å². The van der Waals surface area contributed by atoms with Gasteiger partial charge in [-0.05, 0) is 20.0 Å². The van der Waals surface area contributed by atoms with Crippen molar-refractivity contribution in [3.63, 3.8) is 0 Å². The van der Waals surface area contributed by atoms with Crippen molar-refractivity contribution in [2.24, 2.45) is 7.05 Å². The Kier molecular flexibility index (Phi) is 4.91. The van der Waals surface area contributed by atoms with Crippen LogP contribution in [0.25, 0.3) is 0 Å². The van der Waals surface area contributed by atoms with Gasteiger partial charge in [0.2, 0.25) is 10.0 Å². The van der Waals surface area contributed by atoms with E-state index in [0.717, 1.165) is 0 Å². The summed E-state index contributed by atoms with van der Waals surface area (Å²) in [6.07, 6.45) is 4.03. The highest BCUT2D eigenvalue weighted by Gasteiger charge is 2.10. The van der Waals surface area contributed by atoms with E-state index in [1.54, 1.807) is 24.0 Å². The van der Waals surface area contributed by atoms with Crippen molar-refractivity contribution in [3.8, 4) is 0 Å². The molecular formula is C9H18N4O2S. The highest BCUT2D eigenvalue weighted by molar-refractivity contribution is 7.89. The van der Waals surface area contributed by atoms with E-state index in [2.05, 4.69) is 15.0 Å². The van der Waals surface area contributed by atoms with Crippen LogP contribution in [0.5, 0.6) is 0 Å². The zero-order valence-electron chi connectivity index (χ0n) is 9.60. The number of hydrogen-bond donors (Lipinski definition) is 2. The smallest absolute Gasteiger partial charge is 0.212 e. The molecule has 0 saturated heterocycles. The average molecular weight is 246 g/mol. The Morgan fingerprint density at radius 3 is 2.81 bits per heavy atom. The van der Waals surface area contributed by atoms with Crippen LogP contribution in [0.2, 0.25) is 0 Å². The van der Waals surface area contributed by atoms with Crippen molar-refractivity contribution in [1.29, 1.82) is 0 Å². The third kappa shape index (κ3) is 4.30. The van der Waals surface area contributed by atoms with Gasteiger partial charge in [-0.25, -0.2) is 18.1 Å². The SMILES string of the molecule is CNCCCS(=O)(=O)NCc1nccn1C. The van der Waals surface area contributed by atoms with Gasteiger partial charge in [-0.2, -0.15) is 0 Å². The molecule has 6 nitrogen and oxygen atoms in total. The maximum Gasteiger partial charge on any atom is 0.212 e. The quantitative estimate of drug-likeness (QED) is 0.633. The van der Waals surface area contributed by atoms with Gasteiger partial charge in [0.1, 0.15) is 5.82 Å². The van der Waals surface area contributed by atoms with Crippen molar-refractivity contribution in [2.75, 3.05) is 19.3 Å². The monoisotopic (exact) mass is 246 g/mol. The number of nitrogens with one attached hydrogen (secondary N) is 2. The molecule has 16 heavy (non-hydrogen) atoms. The van der Waals surface area contributed by atoms with Crippen molar-refractivity contribution in [2.45, 2.75) is 13.0 Å². The first-order chi connectivity index (χ1) is 7.55. The molecule has 0 radical (unpaired) electrons. The molecular weight excluding hydrogens is 228 g/mol. The van der Waals surface area contributed by atoms with Crippen LogP contribution in [0.4, 0.5) is 0 Å². The van der Waals surface area contributed by atoms with Crippen LogP contribution < -0.4 is 10.0 Å². The lowest BCUT2D eigenvalue weighted by molar-refractivity contribution is 0.573. The van der Waals surface area contributed by atoms with Gasteiger partial charge in [0.25, 0.3) is 0 Å². The molecule has 0 aliphatic carbocycles. The number of hydrogen-bond acceptors (Lipinski definition) is 4. The minimum atomic E-state index is -3.19. The van der Waals surface area contributed by atoms with Gasteiger partial charge in [0.05, 0.1) is 12.3 Å². The summed E-state index contributed by atoms with van der Waals surface area (Å²) >= 11 is 0. The molecule has 92 valence electrons. The van der Waals surface area contributed by atoms with Crippen LogP contribution in [-0.2, 0) is 23.6 Å². The van der Waals surface area contributed by atoms with E-state index in [4.69, 9.17) is 0 Å². The van der Waals surface area contributed by atoms with E-state index < -0.39 is 10.0 Å². The van der Waals surface area contributed by atoms with Crippen LogP contribution in [0.3, 0.4) is 0 Å². The highest BCUT2D eigenvalue weighted by Crippen LogP contribution is 1.96. The number of sulfonamides is 1. The van der Waals surface area contributed by atoms with Crippen LogP contribution >= 0.6 is 0 Å². The first-order valence-electron chi connectivity index (χ1n) is 5.13. The summed E-state index contributed by atoms with van der Waals surface area (Å²) in [6.45, 7) is 0.939. The van der Waals surface area contributed by atoms with Gasteiger partial charge in [-0.1, -0.05) is 0 Å². The lowest BCUT2D eigenvalue weighted by Crippen LogP contribution is -2.28. The van der Waals surface area contributed by atoms with Gasteiger partial charge in [-0.3, -0.25) is 0 Å². The summed E-state index contributed by atoms with van der Waals surface area (Å²) in [7, 11) is 0.441. The van der Waals surface area contributed by atoms with Crippen LogP contribution in [0.15, 0.2) is 12.4 Å². The highest BCUT2D eigenvalue weighted by atomic mass is 32.2. The zero-order chi connectivity index (χ0) is 12.0. The number of nitrogens with zero attached hydrogens (tertiary/aromatic N) is 2. The summed E-state index contributed by atoms with van der Waals surface area (Å²) in [4.78, 5) is 4.04. The fourth-order valence-electron chi connectivity index (χ4n) is 1.25. The Labute approximate surface area is 96.1 Å². The van der Waals surface area contributed by atoms with Gasteiger partial charge in [0, 0.05) is 19.4 Å². The fourth-order valence-corrected chi connectivity index (χ4v) is 2.27. The van der Waals surface area contributed by atoms with Crippen LogP contribution in [0.1, 0.15) is 12.2 Å². The molecule has 0 unspecified atom stereocenters. The van der Waals surface area contributed by atoms with E-state index >= 15 is 0 Å². The molecule has 0 fully saturated rings.